The van der Waals surface area contributed by atoms with Gasteiger partial charge in [-0.05, 0) is 187 Å². The molecule has 0 saturated heterocycles. The van der Waals surface area contributed by atoms with Crippen LogP contribution in [0, 0.1) is 13.8 Å². The lowest BCUT2D eigenvalue weighted by Crippen LogP contribution is -2.11. The Balaban J connectivity index is 0.000000486. The van der Waals surface area contributed by atoms with E-state index in [1.165, 1.54) is 128 Å². The lowest BCUT2D eigenvalue weighted by molar-refractivity contribution is -0.432. The van der Waals surface area contributed by atoms with E-state index < -0.39 is 120 Å². The number of nitrogens with one attached hydrogen (secondary N) is 1. The van der Waals surface area contributed by atoms with Gasteiger partial charge in [0.15, 0.2) is 23.0 Å². The second kappa shape index (κ2) is 40.4. The number of anilines is 3. The molecule has 44 nitrogen and oxygen atoms in total. The minimum absolute atomic E-state index is 0.000843. The van der Waals surface area contributed by atoms with Crippen LogP contribution in [0.4, 0.5) is 73.9 Å². The first kappa shape index (κ1) is 96.5. The Hall–Kier alpha value is -13.0. The minimum Gasteiger partial charge on any atom is -0.507 e. The second-order valence-electron chi connectivity index (χ2n) is 27.4. The third-order valence-electron chi connectivity index (χ3n) is 18.6. The first-order valence-electron chi connectivity index (χ1n) is 36.7. The zero-order valence-corrected chi connectivity index (χ0v) is 73.9. The molecule has 15 N–H and O–H groups in total. The van der Waals surface area contributed by atoms with Gasteiger partial charge in [-0.2, -0.15) is 65.8 Å². The van der Waals surface area contributed by atoms with E-state index in [9.17, 15) is 99.0 Å². The highest BCUT2D eigenvalue weighted by Gasteiger charge is 2.28. The predicted octanol–water partition coefficient (Wildman–Crippen LogP) is 20.7. The number of aryl methyl sites for hydroxylation is 2. The summed E-state index contributed by atoms with van der Waals surface area (Å²) in [5.74, 6) is -2.92. The van der Waals surface area contributed by atoms with Gasteiger partial charge in [-0.15, -0.1) is 48.8 Å². The lowest BCUT2D eigenvalue weighted by atomic mass is 10.0. The van der Waals surface area contributed by atoms with Crippen LogP contribution in [0.25, 0.3) is 53.9 Å². The van der Waals surface area contributed by atoms with Gasteiger partial charge in [-0.25, -0.2) is 15.8 Å². The largest absolute Gasteiger partial charge is 0.507 e. The summed E-state index contributed by atoms with van der Waals surface area (Å²) in [6.07, 6.45) is 0.198. The number of nitrogens with zero attached hydrogens (tertiary/aromatic N) is 10. The van der Waals surface area contributed by atoms with Gasteiger partial charge in [0.2, 0.25) is 0 Å². The average molecular weight is 1980 g/mol. The number of ether oxygens (including phenoxy) is 1. The summed E-state index contributed by atoms with van der Waals surface area (Å²) >= 11 is 1.44. The van der Waals surface area contributed by atoms with Crippen molar-refractivity contribution in [3.63, 3.8) is 0 Å². The molecule has 14 rings (SSSR count). The normalized spacial score (nSPS) is 12.6. The maximum Gasteiger partial charge on any atom is 0.339 e. The number of rotatable bonds is 33. The third kappa shape index (κ3) is 22.9. The first-order valence-corrected chi connectivity index (χ1v) is 47.7. The van der Waals surface area contributed by atoms with Crippen LogP contribution >= 0.6 is 36.1 Å². The van der Waals surface area contributed by atoms with Crippen LogP contribution < -0.4 is 20.0 Å². The Morgan fingerprint density at radius 2 is 0.932 bits per heavy atom. The number of phenols is 4. The molecule has 0 bridgehead atoms. The van der Waals surface area contributed by atoms with E-state index in [4.69, 9.17) is 29.5 Å². The zero-order chi connectivity index (χ0) is 94.9. The maximum atomic E-state index is 13.1. The van der Waals surface area contributed by atoms with Crippen molar-refractivity contribution in [2.24, 2.45) is 51.1 Å². The van der Waals surface area contributed by atoms with E-state index in [0.29, 0.717) is 64.3 Å². The van der Waals surface area contributed by atoms with Crippen LogP contribution in [0.2, 0.25) is 0 Å². The minimum atomic E-state index is -5.23. The van der Waals surface area contributed by atoms with E-state index in [2.05, 4.69) is 80.2 Å². The number of nitrogen functional groups attached to an aromatic ring is 1. The summed E-state index contributed by atoms with van der Waals surface area (Å²) in [4.78, 5) is -3.80. The molecule has 0 aliphatic rings. The van der Waals surface area contributed by atoms with Crippen molar-refractivity contribution in [1.29, 1.82) is 0 Å². The highest BCUT2D eigenvalue weighted by atomic mass is 32.2. The molecule has 0 amide bonds. The van der Waals surface area contributed by atoms with Crippen molar-refractivity contribution in [1.82, 2.24) is 0 Å². The highest BCUT2D eigenvalue weighted by Crippen LogP contribution is 2.52. The molecule has 0 aliphatic carbocycles. The van der Waals surface area contributed by atoms with E-state index in [0.717, 1.165) is 42.0 Å². The Morgan fingerprint density at radius 3 is 1.60 bits per heavy atom. The topological polar surface area (TPSA) is 683 Å². The molecule has 14 aromatic carbocycles. The van der Waals surface area contributed by atoms with Gasteiger partial charge in [0.25, 0.3) is 50.6 Å². The van der Waals surface area contributed by atoms with Gasteiger partial charge in [0.05, 0.1) is 89.0 Å². The molecule has 0 unspecified atom stereocenters. The molecule has 0 saturated carbocycles. The van der Waals surface area contributed by atoms with E-state index in [1.807, 2.05) is 6.92 Å². The Kier molecular flexibility index (Phi) is 29.5. The van der Waals surface area contributed by atoms with Crippen molar-refractivity contribution in [2.45, 2.75) is 59.4 Å². The average Bonchev–Trinajstić information content (AvgIpc) is 0.765. The fourth-order valence-corrected chi connectivity index (χ4v) is 17.8. The molecule has 0 spiro atoms. The standard InChI is InChI=1S/C62H47N11O26S7.C17H15NO6S2/c1-31-20-47(50(93-18-7-19-100-97-94-78)30-46(31)67-69-48-27-38(103(81,82)83)22-34-23-39(104(84,85)86)28-49(74)55(34)48)68-73-59-54(106(90,91)92)25-32-12-13-37(26-42(32)62(59)77)65-70-56-43-29-52(102-99-96-80)58(61(76)41(43)16-17-45(56)63-35-8-3-2-4-9-35)71-64-36-14-15-40-33(21-36)24-51(101-98-95-79)57(60(40)75)72-66-44-10-5-6-11-53(44)105(87,88)89;1-11-2-6-14(7-3-11)26(22,23)24-17-10-15(25(19,20)21)8-12-4-5-13(18)9-16(12)17/h2-6,8-17,20-30,63,74-80H,7,18-19H2,1H3,(H,81,82,83)(H,84,85,86)(H,87,88,89)(H,90,91,92);2-10H,18H2,1H3,(H,19,20,21). The van der Waals surface area contributed by atoms with Gasteiger partial charge < -0.3 is 40.4 Å². The van der Waals surface area contributed by atoms with E-state index in [-0.39, 0.29) is 145 Å². The monoisotopic (exact) mass is 1980 g/mol. The summed E-state index contributed by atoms with van der Waals surface area (Å²) in [6, 6.07) is 47.3. The Bertz CT molecular complexity index is 7830. The summed E-state index contributed by atoms with van der Waals surface area (Å²) in [5.41, 5.74) is 5.89. The summed E-state index contributed by atoms with van der Waals surface area (Å²) in [7, 11) is -28.7. The zero-order valence-electron chi connectivity index (χ0n) is 66.6. The third-order valence-corrected chi connectivity index (χ3v) is 26.0. The van der Waals surface area contributed by atoms with Crippen LogP contribution in [0.5, 0.6) is 34.5 Å². The predicted molar refractivity (Wildman–Crippen MR) is 476 cm³/mol. The summed E-state index contributed by atoms with van der Waals surface area (Å²) in [6.45, 7) is 3.16. The number of benzene rings is 14. The number of hydrogen-bond donors (Lipinski definition) is 14. The van der Waals surface area contributed by atoms with Gasteiger partial charge in [-0.3, -0.25) is 22.8 Å². The lowest BCUT2D eigenvalue weighted by Gasteiger charge is -2.15. The van der Waals surface area contributed by atoms with E-state index >= 15 is 0 Å². The van der Waals surface area contributed by atoms with Gasteiger partial charge in [0.1, 0.15) is 60.3 Å². The molecular weight excluding hydrogens is 1920 g/mol. The van der Waals surface area contributed by atoms with Crippen LogP contribution in [-0.2, 0) is 88.8 Å². The van der Waals surface area contributed by atoms with Crippen LogP contribution in [-0.4, -0.2) is 122 Å². The number of nitrogens with two attached hydrogens (primary N) is 1. The Labute approximate surface area is 757 Å². The summed E-state index contributed by atoms with van der Waals surface area (Å²) in [5, 5.41) is 131. The summed E-state index contributed by atoms with van der Waals surface area (Å²) < 4.78 is 221. The first-order chi connectivity index (χ1) is 62.6. The Morgan fingerprint density at radius 1 is 0.386 bits per heavy atom. The van der Waals surface area contributed by atoms with Crippen LogP contribution in [0.1, 0.15) is 17.5 Å². The molecule has 0 radical (unpaired) electrons. The van der Waals surface area contributed by atoms with Crippen LogP contribution in [0.15, 0.2) is 303 Å². The van der Waals surface area contributed by atoms with Gasteiger partial charge >= 0.3 is 10.1 Å². The van der Waals surface area contributed by atoms with Crippen molar-refractivity contribution in [2.75, 3.05) is 23.4 Å². The fraction of sp³-hybridized carbons (Fsp3) is 0.0633. The molecule has 0 atom stereocenters. The number of para-hydroxylation sites is 1. The number of hydrogen-bond acceptors (Lipinski definition) is 42. The van der Waals surface area contributed by atoms with Crippen molar-refractivity contribution in [3.05, 3.63) is 223 Å². The highest BCUT2D eigenvalue weighted by molar-refractivity contribution is 7.95. The van der Waals surface area contributed by atoms with E-state index in [1.54, 1.807) is 48.5 Å². The van der Waals surface area contributed by atoms with Crippen molar-refractivity contribution < 1.29 is 147 Å². The maximum absolute atomic E-state index is 13.1. The molecule has 0 heterocycles. The fourth-order valence-electron chi connectivity index (χ4n) is 12.6. The molecule has 684 valence electrons. The quantitative estimate of drug-likeness (QED) is 0.00265. The molecule has 0 aromatic heterocycles. The number of aromatic hydroxyl groups is 4. The molecule has 132 heavy (non-hydrogen) atoms. The molecular formula is C79H62N12O32S9. The second-order valence-corrected chi connectivity index (χ2v) is 38.2. The van der Waals surface area contributed by atoms with Gasteiger partial charge in [0, 0.05) is 74.3 Å². The molecule has 0 fully saturated rings. The van der Waals surface area contributed by atoms with Crippen molar-refractivity contribution in [3.8, 4) is 34.5 Å². The number of fused-ring (bicyclic) bond motifs is 5. The molecule has 53 heteroatoms. The SMILES string of the molecule is Cc1cc(N=Nc2c(S(=O)(=O)O)cc3ccc(N=Nc4c(Nc5ccccc5)ccc5c(O)c(N=Nc6ccc7c(O)c(N=Nc8ccccc8S(=O)(=O)O)c(SOOO)cc7c6)c(SOOO)cc45)cc3c2O)c(OCCCSOOO)cc1N=Nc1cc(S(=O)(=O)O)cc2cc(S(=O)(=O)O)cc(O)c12.Cc1ccc(S(=O)(=O)Oc2cc(S(=O)(=O)O)cc3ccc(N)cc23)cc1. The number of azo groups is 5. The number of phenolic OH excluding ortho intramolecular Hbond substituents is 4. The van der Waals surface area contributed by atoms with Gasteiger partial charge in [-0.1, -0.05) is 75.3 Å². The van der Waals surface area contributed by atoms with Crippen molar-refractivity contribution >= 4 is 225 Å². The smallest absolute Gasteiger partial charge is 0.339 e. The van der Waals surface area contributed by atoms with Crippen LogP contribution in [0.3, 0.4) is 0 Å². The molecule has 14 aromatic rings. The molecule has 0 aliphatic heterocycles.